The number of aryl methyl sites for hydroxylation is 1. The molecule has 3 unspecified atom stereocenters. The second-order valence-corrected chi connectivity index (χ2v) is 13.4. The molecule has 9 nitrogen and oxygen atoms in total. The molecule has 0 spiro atoms. The highest BCUT2D eigenvalue weighted by atomic mass is 32.1. The predicted molar refractivity (Wildman–Crippen MR) is 160 cm³/mol. The van der Waals surface area contributed by atoms with Crippen LogP contribution in [0.2, 0.25) is 0 Å². The summed E-state index contributed by atoms with van der Waals surface area (Å²) in [5.41, 5.74) is 8.39. The van der Waals surface area contributed by atoms with E-state index in [-0.39, 0.29) is 29.4 Å². The maximum atomic E-state index is 16.7. The normalized spacial score (nSPS) is 28.0. The Morgan fingerprint density at radius 2 is 2.00 bits per heavy atom. The summed E-state index contributed by atoms with van der Waals surface area (Å²) in [7, 11) is 0. The van der Waals surface area contributed by atoms with Crippen LogP contribution in [0.3, 0.4) is 0 Å². The molecule has 3 N–H and O–H groups in total. The van der Waals surface area contributed by atoms with Crippen LogP contribution in [0.15, 0.2) is 12.3 Å². The van der Waals surface area contributed by atoms with Crippen molar-refractivity contribution in [2.75, 3.05) is 36.8 Å². The molecule has 6 heterocycles. The number of nitrogens with zero attached hydrogens (tertiary/aromatic N) is 6. The molecule has 0 saturated carbocycles. The Hall–Kier alpha value is -3.22. The molecule has 3 aliphatic rings. The molecule has 5 atom stereocenters. The van der Waals surface area contributed by atoms with Gasteiger partial charge in [-0.2, -0.15) is 9.97 Å². The summed E-state index contributed by atoms with van der Waals surface area (Å²) in [5.74, 6) is -0.118. The summed E-state index contributed by atoms with van der Waals surface area (Å²) < 4.78 is 38.4. The molecule has 3 fully saturated rings. The summed E-state index contributed by atoms with van der Waals surface area (Å²) in [5, 5.41) is 11.7. The molecule has 12 heteroatoms. The molecular formula is C30H35F2N7O2S. The molecule has 0 amide bonds. The first-order valence-electron chi connectivity index (χ1n) is 14.6. The van der Waals surface area contributed by atoms with Crippen molar-refractivity contribution in [3.63, 3.8) is 0 Å². The first-order valence-corrected chi connectivity index (χ1v) is 15.4. The van der Waals surface area contributed by atoms with Crippen LogP contribution in [0.4, 0.5) is 19.7 Å². The van der Waals surface area contributed by atoms with Crippen LogP contribution in [0, 0.1) is 25.6 Å². The van der Waals surface area contributed by atoms with Gasteiger partial charge in [0, 0.05) is 43.9 Å². The van der Waals surface area contributed by atoms with Gasteiger partial charge in [-0.25, -0.2) is 13.8 Å². The highest BCUT2D eigenvalue weighted by Crippen LogP contribution is 2.41. The number of hydrogen-bond acceptors (Lipinski definition) is 10. The SMILES string of the molecule is Cc1cc2sc(N)nc2c(-c2ncc3c(N4CCCC(C)(O)C4)nc(OC4[C@@H]5CCCN4C[C@H](F)C5)nc3c2F)c1C. The number of anilines is 2. The Balaban J connectivity index is 1.40. The van der Waals surface area contributed by atoms with Crippen molar-refractivity contribution in [1.29, 1.82) is 0 Å². The summed E-state index contributed by atoms with van der Waals surface area (Å²) in [6.45, 7) is 7.71. The van der Waals surface area contributed by atoms with Crippen LogP contribution in [0.25, 0.3) is 32.4 Å². The summed E-state index contributed by atoms with van der Waals surface area (Å²) in [6.07, 6.45) is 4.03. The van der Waals surface area contributed by atoms with Crippen molar-refractivity contribution < 1.29 is 18.6 Å². The molecule has 1 aromatic carbocycles. The fourth-order valence-electron chi connectivity index (χ4n) is 6.98. The minimum absolute atomic E-state index is 0.0113. The van der Waals surface area contributed by atoms with E-state index < -0.39 is 17.6 Å². The third kappa shape index (κ3) is 4.73. The maximum absolute atomic E-state index is 16.7. The second kappa shape index (κ2) is 10.2. The van der Waals surface area contributed by atoms with Crippen molar-refractivity contribution in [1.82, 2.24) is 24.8 Å². The van der Waals surface area contributed by atoms with Crippen molar-refractivity contribution in [2.24, 2.45) is 5.92 Å². The number of benzene rings is 1. The summed E-state index contributed by atoms with van der Waals surface area (Å²) in [6, 6.07) is 2.05. The lowest BCUT2D eigenvalue weighted by atomic mass is 9.86. The zero-order valence-electron chi connectivity index (χ0n) is 24.0. The fourth-order valence-corrected chi connectivity index (χ4v) is 7.82. The molecule has 3 saturated heterocycles. The predicted octanol–water partition coefficient (Wildman–Crippen LogP) is 5.15. The summed E-state index contributed by atoms with van der Waals surface area (Å²) in [4.78, 5) is 22.5. The van der Waals surface area contributed by atoms with Crippen molar-refractivity contribution in [3.05, 3.63) is 29.2 Å². The lowest BCUT2D eigenvalue weighted by molar-refractivity contribution is -0.0989. The Bertz CT molecular complexity index is 1680. The van der Waals surface area contributed by atoms with E-state index in [4.69, 9.17) is 15.5 Å². The molecule has 42 heavy (non-hydrogen) atoms. The van der Waals surface area contributed by atoms with Crippen LogP contribution in [-0.4, -0.2) is 74.1 Å². The van der Waals surface area contributed by atoms with Crippen molar-refractivity contribution in [3.8, 4) is 17.3 Å². The largest absolute Gasteiger partial charge is 0.444 e. The standard InChI is InChI=1S/C30H35F2N7O2S/c1-15-10-20-24(35-28(33)42-20)21(16(15)2)25-22(32)23-19(12-34-25)26(39-9-5-7-30(3,40)14-39)37-29(36-23)41-27-17-6-4-8-38(27)13-18(31)11-17/h10,12,17-18,27,40H,4-9,11,13-14H2,1-3H3,(H2,33,35)/t17-,18-,27?,30?/m1/s1. The number of aliphatic hydroxyl groups is 1. The molecule has 3 aromatic heterocycles. The number of alkyl halides is 1. The number of rotatable bonds is 4. The molecule has 0 radical (unpaired) electrons. The van der Waals surface area contributed by atoms with Gasteiger partial charge in [-0.15, -0.1) is 0 Å². The van der Waals surface area contributed by atoms with Crippen LogP contribution in [-0.2, 0) is 0 Å². The Morgan fingerprint density at radius 1 is 1.17 bits per heavy atom. The van der Waals surface area contributed by atoms with E-state index >= 15 is 4.39 Å². The van der Waals surface area contributed by atoms with Gasteiger partial charge in [0.2, 0.25) is 0 Å². The van der Waals surface area contributed by atoms with Crippen LogP contribution < -0.4 is 15.4 Å². The zero-order chi connectivity index (χ0) is 29.3. The maximum Gasteiger partial charge on any atom is 0.320 e. The number of fused-ring (bicyclic) bond motifs is 4. The third-order valence-corrected chi connectivity index (χ3v) is 9.91. The van der Waals surface area contributed by atoms with E-state index in [1.807, 2.05) is 29.7 Å². The van der Waals surface area contributed by atoms with E-state index in [0.717, 1.165) is 41.6 Å². The number of halogens is 2. The Morgan fingerprint density at radius 3 is 2.79 bits per heavy atom. The quantitative estimate of drug-likeness (QED) is 0.331. The van der Waals surface area contributed by atoms with Gasteiger partial charge in [0.05, 0.1) is 21.2 Å². The third-order valence-electron chi connectivity index (χ3n) is 9.08. The minimum atomic E-state index is -0.917. The monoisotopic (exact) mass is 595 g/mol. The number of piperidine rings is 3. The lowest BCUT2D eigenvalue weighted by Gasteiger charge is -2.45. The smallest absolute Gasteiger partial charge is 0.320 e. The zero-order valence-corrected chi connectivity index (χ0v) is 24.8. The van der Waals surface area contributed by atoms with E-state index in [1.54, 1.807) is 13.1 Å². The Labute approximate surface area is 246 Å². The van der Waals surface area contributed by atoms with Crippen molar-refractivity contribution in [2.45, 2.75) is 70.9 Å². The number of pyridine rings is 1. The minimum Gasteiger partial charge on any atom is -0.444 e. The molecule has 7 rings (SSSR count). The highest BCUT2D eigenvalue weighted by Gasteiger charge is 2.41. The van der Waals surface area contributed by atoms with Gasteiger partial charge in [-0.1, -0.05) is 11.3 Å². The number of nitrogen functional groups attached to an aromatic ring is 1. The first kappa shape index (κ1) is 27.6. The van der Waals surface area contributed by atoms with E-state index in [0.29, 0.717) is 59.9 Å². The number of ether oxygens (including phenoxy) is 1. The lowest BCUT2D eigenvalue weighted by Crippen LogP contribution is -2.55. The molecule has 2 bridgehead atoms. The van der Waals surface area contributed by atoms with Gasteiger partial charge < -0.3 is 20.5 Å². The van der Waals surface area contributed by atoms with Gasteiger partial charge in [0.1, 0.15) is 23.2 Å². The van der Waals surface area contributed by atoms with Gasteiger partial charge in [0.15, 0.2) is 17.2 Å². The summed E-state index contributed by atoms with van der Waals surface area (Å²) >= 11 is 1.35. The number of thiazole rings is 1. The van der Waals surface area contributed by atoms with E-state index in [2.05, 4.69) is 15.0 Å². The van der Waals surface area contributed by atoms with Crippen molar-refractivity contribution >= 4 is 43.4 Å². The average Bonchev–Trinajstić information content (AvgIpc) is 3.29. The number of nitrogens with two attached hydrogens (primary N) is 1. The van der Waals surface area contributed by atoms with Crippen LogP contribution in [0.1, 0.15) is 50.2 Å². The van der Waals surface area contributed by atoms with E-state index in [1.165, 1.54) is 11.3 Å². The topological polar surface area (TPSA) is 114 Å². The van der Waals surface area contributed by atoms with E-state index in [9.17, 15) is 9.50 Å². The van der Waals surface area contributed by atoms with Gasteiger partial charge in [0.25, 0.3) is 0 Å². The fraction of sp³-hybridized carbons (Fsp3) is 0.533. The molecule has 4 aromatic rings. The number of β-amino-alcohol motifs (C(OH)–C–C–N with tert-alkyl or cyclic N) is 1. The van der Waals surface area contributed by atoms with Gasteiger partial charge in [-0.3, -0.25) is 9.88 Å². The average molecular weight is 596 g/mol. The molecule has 222 valence electrons. The Kier molecular flexibility index (Phi) is 6.70. The van der Waals surface area contributed by atoms with Crippen LogP contribution >= 0.6 is 11.3 Å². The van der Waals surface area contributed by atoms with Crippen LogP contribution in [0.5, 0.6) is 6.01 Å². The van der Waals surface area contributed by atoms with Gasteiger partial charge in [-0.05, 0) is 70.1 Å². The second-order valence-electron chi connectivity index (χ2n) is 12.4. The number of aromatic nitrogens is 4. The molecule has 3 aliphatic heterocycles. The molecule has 0 aliphatic carbocycles. The highest BCUT2D eigenvalue weighted by molar-refractivity contribution is 7.22. The van der Waals surface area contributed by atoms with Gasteiger partial charge >= 0.3 is 6.01 Å². The number of hydrogen-bond donors (Lipinski definition) is 2. The molecular weight excluding hydrogens is 560 g/mol. The first-order chi connectivity index (χ1) is 20.1.